The number of rotatable bonds is 5. The lowest BCUT2D eigenvalue weighted by molar-refractivity contribution is -0.138. The SMILES string of the molecule is CC(C(=O)O)C(=S)CC(=O)c1ccccc1. The molecule has 1 aromatic carbocycles. The molecule has 0 radical (unpaired) electrons. The highest BCUT2D eigenvalue weighted by Gasteiger charge is 2.19. The van der Waals surface area contributed by atoms with E-state index in [9.17, 15) is 9.59 Å². The van der Waals surface area contributed by atoms with Crippen LogP contribution in [0.25, 0.3) is 0 Å². The number of carbonyl (C=O) groups excluding carboxylic acids is 1. The zero-order chi connectivity index (χ0) is 12.1. The van der Waals surface area contributed by atoms with E-state index in [-0.39, 0.29) is 17.1 Å². The highest BCUT2D eigenvalue weighted by molar-refractivity contribution is 7.80. The second-order valence-corrected chi connectivity index (χ2v) is 4.02. The molecular weight excluding hydrogens is 224 g/mol. The van der Waals surface area contributed by atoms with Gasteiger partial charge in [-0.3, -0.25) is 9.59 Å². The first-order chi connectivity index (χ1) is 7.52. The minimum atomic E-state index is -0.995. The molecule has 0 amide bonds. The van der Waals surface area contributed by atoms with Gasteiger partial charge in [-0.25, -0.2) is 0 Å². The molecule has 16 heavy (non-hydrogen) atoms. The van der Waals surface area contributed by atoms with Crippen molar-refractivity contribution in [2.75, 3.05) is 0 Å². The first-order valence-corrected chi connectivity index (χ1v) is 5.27. The van der Waals surface area contributed by atoms with Crippen LogP contribution in [0.3, 0.4) is 0 Å². The highest BCUT2D eigenvalue weighted by atomic mass is 32.1. The topological polar surface area (TPSA) is 54.4 Å². The summed E-state index contributed by atoms with van der Waals surface area (Å²) in [4.78, 5) is 22.6. The zero-order valence-corrected chi connectivity index (χ0v) is 9.66. The second kappa shape index (κ2) is 5.51. The molecule has 0 aromatic heterocycles. The van der Waals surface area contributed by atoms with E-state index in [4.69, 9.17) is 17.3 Å². The monoisotopic (exact) mass is 236 g/mol. The Kier molecular flexibility index (Phi) is 4.31. The van der Waals surface area contributed by atoms with E-state index in [1.807, 2.05) is 6.07 Å². The number of benzene rings is 1. The number of Topliss-reactive ketones (excluding diaryl/α,β-unsaturated/α-hetero) is 1. The average Bonchev–Trinajstić information content (AvgIpc) is 2.28. The Bertz CT molecular complexity index is 412. The summed E-state index contributed by atoms with van der Waals surface area (Å²) in [6, 6.07) is 8.72. The van der Waals surface area contributed by atoms with E-state index in [0.29, 0.717) is 5.56 Å². The van der Waals surface area contributed by atoms with E-state index in [1.54, 1.807) is 24.3 Å². The van der Waals surface area contributed by atoms with Gasteiger partial charge in [-0.05, 0) is 6.92 Å². The van der Waals surface area contributed by atoms with Gasteiger partial charge in [-0.2, -0.15) is 0 Å². The van der Waals surface area contributed by atoms with Gasteiger partial charge in [0.2, 0.25) is 0 Å². The van der Waals surface area contributed by atoms with Crippen molar-refractivity contribution in [2.45, 2.75) is 13.3 Å². The van der Waals surface area contributed by atoms with Crippen LogP contribution in [0, 0.1) is 5.92 Å². The van der Waals surface area contributed by atoms with Crippen molar-refractivity contribution < 1.29 is 14.7 Å². The van der Waals surface area contributed by atoms with Crippen LogP contribution < -0.4 is 0 Å². The summed E-state index contributed by atoms with van der Waals surface area (Å²) in [5.41, 5.74) is 0.558. The maximum Gasteiger partial charge on any atom is 0.311 e. The Morgan fingerprint density at radius 3 is 2.38 bits per heavy atom. The molecule has 0 aliphatic rings. The molecule has 3 nitrogen and oxygen atoms in total. The molecular formula is C12H12O3S. The van der Waals surface area contributed by atoms with Crippen LogP contribution in [0.4, 0.5) is 0 Å². The van der Waals surface area contributed by atoms with Crippen LogP contribution in [0.2, 0.25) is 0 Å². The Morgan fingerprint density at radius 1 is 1.31 bits per heavy atom. The van der Waals surface area contributed by atoms with Crippen LogP contribution in [-0.2, 0) is 4.79 Å². The molecule has 0 saturated heterocycles. The van der Waals surface area contributed by atoms with Gasteiger partial charge in [0.1, 0.15) is 0 Å². The van der Waals surface area contributed by atoms with Gasteiger partial charge in [0.15, 0.2) is 5.78 Å². The molecule has 4 heteroatoms. The normalized spacial score (nSPS) is 11.8. The van der Waals surface area contributed by atoms with Gasteiger partial charge in [0, 0.05) is 16.8 Å². The predicted molar refractivity (Wildman–Crippen MR) is 64.8 cm³/mol. The molecule has 1 unspecified atom stereocenters. The molecule has 0 heterocycles. The van der Waals surface area contributed by atoms with Gasteiger partial charge >= 0.3 is 5.97 Å². The summed E-state index contributed by atoms with van der Waals surface area (Å²) in [5.74, 6) is -1.90. The number of carboxylic acid groups (broad SMARTS) is 1. The molecule has 0 bridgehead atoms. The Balaban J connectivity index is 2.66. The quantitative estimate of drug-likeness (QED) is 0.630. The third kappa shape index (κ3) is 3.24. The minimum absolute atomic E-state index is 0.00676. The lowest BCUT2D eigenvalue weighted by atomic mass is 10.00. The van der Waals surface area contributed by atoms with E-state index in [1.165, 1.54) is 6.92 Å². The van der Waals surface area contributed by atoms with Crippen molar-refractivity contribution in [1.82, 2.24) is 0 Å². The van der Waals surface area contributed by atoms with Gasteiger partial charge in [-0.15, -0.1) is 0 Å². The van der Waals surface area contributed by atoms with Gasteiger partial charge in [-0.1, -0.05) is 42.5 Å². The van der Waals surface area contributed by atoms with Crippen molar-refractivity contribution in [3.05, 3.63) is 35.9 Å². The van der Waals surface area contributed by atoms with Gasteiger partial charge < -0.3 is 5.11 Å². The van der Waals surface area contributed by atoms with Crippen molar-refractivity contribution in [3.8, 4) is 0 Å². The molecule has 0 aliphatic carbocycles. The third-order valence-electron chi connectivity index (χ3n) is 2.28. The molecule has 84 valence electrons. The van der Waals surface area contributed by atoms with Crippen molar-refractivity contribution in [2.24, 2.45) is 5.92 Å². The Hall–Kier alpha value is -1.55. The summed E-state index contributed by atoms with van der Waals surface area (Å²) < 4.78 is 0. The molecule has 0 fully saturated rings. The van der Waals surface area contributed by atoms with Crippen LogP contribution in [0.5, 0.6) is 0 Å². The summed E-state index contributed by atoms with van der Waals surface area (Å²) in [6.07, 6.45) is 0.00676. The van der Waals surface area contributed by atoms with E-state index < -0.39 is 11.9 Å². The smallest absolute Gasteiger partial charge is 0.311 e. The number of hydrogen-bond acceptors (Lipinski definition) is 3. The lowest BCUT2D eigenvalue weighted by Crippen LogP contribution is -2.21. The fraction of sp³-hybridized carbons (Fsp3) is 0.250. The van der Waals surface area contributed by atoms with Crippen molar-refractivity contribution in [3.63, 3.8) is 0 Å². The predicted octanol–water partition coefficient (Wildman–Crippen LogP) is 2.35. The summed E-state index contributed by atoms with van der Waals surface area (Å²) >= 11 is 4.93. The first kappa shape index (κ1) is 12.5. The summed E-state index contributed by atoms with van der Waals surface area (Å²) in [6.45, 7) is 1.49. The molecule has 1 atom stereocenters. The van der Waals surface area contributed by atoms with Gasteiger partial charge in [0.05, 0.1) is 5.92 Å². The Morgan fingerprint density at radius 2 is 1.88 bits per heavy atom. The average molecular weight is 236 g/mol. The number of aliphatic carboxylic acids is 1. The standard InChI is InChI=1S/C12H12O3S/c1-8(12(14)15)11(16)7-10(13)9-5-3-2-4-6-9/h2-6,8H,7H2,1H3,(H,14,15). The van der Waals surface area contributed by atoms with E-state index in [2.05, 4.69) is 0 Å². The maximum absolute atomic E-state index is 11.7. The molecule has 0 aliphatic heterocycles. The summed E-state index contributed by atoms with van der Waals surface area (Å²) in [7, 11) is 0. The van der Waals surface area contributed by atoms with Crippen molar-refractivity contribution >= 4 is 28.8 Å². The molecule has 1 rings (SSSR count). The Labute approximate surface area is 99.1 Å². The summed E-state index contributed by atoms with van der Waals surface area (Å²) in [5, 5.41) is 8.74. The number of carboxylic acids is 1. The van der Waals surface area contributed by atoms with Crippen LogP contribution in [0.15, 0.2) is 30.3 Å². The van der Waals surface area contributed by atoms with Crippen LogP contribution in [-0.4, -0.2) is 21.7 Å². The number of thiocarbonyl (C=S) groups is 1. The lowest BCUT2D eigenvalue weighted by Gasteiger charge is -2.07. The molecule has 1 N–H and O–H groups in total. The third-order valence-corrected chi connectivity index (χ3v) is 2.78. The van der Waals surface area contributed by atoms with Crippen LogP contribution >= 0.6 is 12.2 Å². The number of hydrogen-bond donors (Lipinski definition) is 1. The minimum Gasteiger partial charge on any atom is -0.481 e. The first-order valence-electron chi connectivity index (χ1n) is 4.86. The largest absolute Gasteiger partial charge is 0.481 e. The number of carbonyl (C=O) groups is 2. The highest BCUT2D eigenvalue weighted by Crippen LogP contribution is 2.09. The second-order valence-electron chi connectivity index (χ2n) is 3.49. The fourth-order valence-corrected chi connectivity index (χ4v) is 1.41. The van der Waals surface area contributed by atoms with E-state index >= 15 is 0 Å². The van der Waals surface area contributed by atoms with E-state index in [0.717, 1.165) is 0 Å². The molecule has 0 spiro atoms. The van der Waals surface area contributed by atoms with Crippen molar-refractivity contribution in [1.29, 1.82) is 0 Å². The fourth-order valence-electron chi connectivity index (χ4n) is 1.18. The van der Waals surface area contributed by atoms with Gasteiger partial charge in [0.25, 0.3) is 0 Å². The molecule has 1 aromatic rings. The number of ketones is 1. The maximum atomic E-state index is 11.7. The molecule has 0 saturated carbocycles. The zero-order valence-electron chi connectivity index (χ0n) is 8.84. The van der Waals surface area contributed by atoms with Crippen LogP contribution in [0.1, 0.15) is 23.7 Å².